The van der Waals surface area contributed by atoms with Crippen LogP contribution in [0.3, 0.4) is 0 Å². The molecule has 0 amide bonds. The van der Waals surface area contributed by atoms with Crippen molar-refractivity contribution in [2.45, 2.75) is 16.4 Å². The van der Waals surface area contributed by atoms with Crippen molar-refractivity contribution in [1.29, 1.82) is 0 Å². The SMILES string of the molecule is O=[N+]([O-])c1ccc(Sc2ccc(Cl)c(Cl)c2)c(CO)c1. The van der Waals surface area contributed by atoms with Crippen molar-refractivity contribution in [2.75, 3.05) is 0 Å². The number of hydrogen-bond donors (Lipinski definition) is 1. The van der Waals surface area contributed by atoms with E-state index in [0.717, 1.165) is 9.79 Å². The number of aliphatic hydroxyl groups is 1. The fraction of sp³-hybridized carbons (Fsp3) is 0.0769. The zero-order valence-electron chi connectivity index (χ0n) is 10.0. The Bertz CT molecular complexity index is 664. The van der Waals surface area contributed by atoms with Crippen LogP contribution in [0.1, 0.15) is 5.56 Å². The summed E-state index contributed by atoms with van der Waals surface area (Å²) in [4.78, 5) is 11.8. The highest BCUT2D eigenvalue weighted by molar-refractivity contribution is 7.99. The van der Waals surface area contributed by atoms with E-state index in [9.17, 15) is 15.2 Å². The molecule has 20 heavy (non-hydrogen) atoms. The Balaban J connectivity index is 2.32. The first-order valence-electron chi connectivity index (χ1n) is 5.52. The number of nitro groups is 1. The van der Waals surface area contributed by atoms with Gasteiger partial charge >= 0.3 is 0 Å². The molecule has 0 spiro atoms. The van der Waals surface area contributed by atoms with Crippen molar-refractivity contribution in [3.8, 4) is 0 Å². The van der Waals surface area contributed by atoms with Crippen LogP contribution in [-0.4, -0.2) is 10.0 Å². The molecule has 0 atom stereocenters. The lowest BCUT2D eigenvalue weighted by atomic mass is 10.2. The van der Waals surface area contributed by atoms with Crippen molar-refractivity contribution in [1.82, 2.24) is 0 Å². The molecule has 4 nitrogen and oxygen atoms in total. The molecule has 104 valence electrons. The first kappa shape index (κ1) is 15.1. The quantitative estimate of drug-likeness (QED) is 0.660. The van der Waals surface area contributed by atoms with Gasteiger partial charge in [0, 0.05) is 21.9 Å². The van der Waals surface area contributed by atoms with Crippen LogP contribution in [-0.2, 0) is 6.61 Å². The van der Waals surface area contributed by atoms with E-state index in [-0.39, 0.29) is 12.3 Å². The third-order valence-corrected chi connectivity index (χ3v) is 4.39. The average molecular weight is 330 g/mol. The van der Waals surface area contributed by atoms with Gasteiger partial charge in [0.2, 0.25) is 0 Å². The van der Waals surface area contributed by atoms with Gasteiger partial charge in [-0.2, -0.15) is 0 Å². The lowest BCUT2D eigenvalue weighted by Crippen LogP contribution is -1.93. The second-order valence-electron chi connectivity index (χ2n) is 3.89. The molecule has 2 aromatic carbocycles. The number of benzene rings is 2. The van der Waals surface area contributed by atoms with Crippen LogP contribution in [0, 0.1) is 10.1 Å². The predicted molar refractivity (Wildman–Crippen MR) is 79.6 cm³/mol. The summed E-state index contributed by atoms with van der Waals surface area (Å²) < 4.78 is 0. The zero-order chi connectivity index (χ0) is 14.7. The van der Waals surface area contributed by atoms with Crippen molar-refractivity contribution in [3.05, 3.63) is 62.1 Å². The van der Waals surface area contributed by atoms with Crippen molar-refractivity contribution >= 4 is 40.7 Å². The molecule has 0 saturated carbocycles. The van der Waals surface area contributed by atoms with Gasteiger partial charge in [-0.05, 0) is 29.8 Å². The topological polar surface area (TPSA) is 63.4 Å². The zero-order valence-corrected chi connectivity index (χ0v) is 12.4. The fourth-order valence-corrected chi connectivity index (χ4v) is 2.89. The number of hydrogen-bond acceptors (Lipinski definition) is 4. The van der Waals surface area contributed by atoms with Crippen LogP contribution in [0.4, 0.5) is 5.69 Å². The van der Waals surface area contributed by atoms with Crippen LogP contribution in [0.25, 0.3) is 0 Å². The summed E-state index contributed by atoms with van der Waals surface area (Å²) in [5.41, 5.74) is 0.447. The van der Waals surface area contributed by atoms with Gasteiger partial charge in [0.25, 0.3) is 5.69 Å². The molecule has 2 aromatic rings. The third kappa shape index (κ3) is 3.43. The molecule has 0 radical (unpaired) electrons. The Morgan fingerprint density at radius 2 is 1.90 bits per heavy atom. The highest BCUT2D eigenvalue weighted by Crippen LogP contribution is 2.35. The second kappa shape index (κ2) is 6.45. The molecule has 0 aliphatic rings. The Labute approximate surface area is 129 Å². The molecule has 0 unspecified atom stereocenters. The summed E-state index contributed by atoms with van der Waals surface area (Å²) in [6.07, 6.45) is 0. The predicted octanol–water partition coefficient (Wildman–Crippen LogP) is 4.55. The maximum Gasteiger partial charge on any atom is 0.269 e. The first-order chi connectivity index (χ1) is 9.51. The van der Waals surface area contributed by atoms with Gasteiger partial charge in [-0.3, -0.25) is 10.1 Å². The van der Waals surface area contributed by atoms with Gasteiger partial charge in [0.15, 0.2) is 0 Å². The Morgan fingerprint density at radius 3 is 2.50 bits per heavy atom. The fourth-order valence-electron chi connectivity index (χ4n) is 1.57. The lowest BCUT2D eigenvalue weighted by Gasteiger charge is -2.07. The van der Waals surface area contributed by atoms with E-state index in [2.05, 4.69) is 0 Å². The van der Waals surface area contributed by atoms with Crippen molar-refractivity contribution in [2.24, 2.45) is 0 Å². The summed E-state index contributed by atoms with van der Waals surface area (Å²) in [5.74, 6) is 0. The van der Waals surface area contributed by atoms with Crippen molar-refractivity contribution < 1.29 is 10.0 Å². The number of nitrogens with zero attached hydrogens (tertiary/aromatic N) is 1. The van der Waals surface area contributed by atoms with Crippen LogP contribution in [0.5, 0.6) is 0 Å². The molecule has 0 fully saturated rings. The van der Waals surface area contributed by atoms with Gasteiger partial charge in [0.05, 0.1) is 21.6 Å². The maximum absolute atomic E-state index is 10.7. The van der Waals surface area contributed by atoms with Gasteiger partial charge in [-0.15, -0.1) is 0 Å². The molecular weight excluding hydrogens is 321 g/mol. The van der Waals surface area contributed by atoms with Gasteiger partial charge < -0.3 is 5.11 Å². The number of halogens is 2. The molecule has 0 bridgehead atoms. The summed E-state index contributed by atoms with van der Waals surface area (Å²) >= 11 is 13.1. The van der Waals surface area contributed by atoms with E-state index in [1.54, 1.807) is 24.3 Å². The van der Waals surface area contributed by atoms with E-state index in [1.165, 1.54) is 23.9 Å². The number of aliphatic hydroxyl groups excluding tert-OH is 1. The van der Waals surface area contributed by atoms with E-state index >= 15 is 0 Å². The molecular formula is C13H9Cl2NO3S. The smallest absolute Gasteiger partial charge is 0.269 e. The van der Waals surface area contributed by atoms with Crippen LogP contribution in [0.15, 0.2) is 46.2 Å². The highest BCUT2D eigenvalue weighted by Gasteiger charge is 2.11. The molecule has 0 aliphatic carbocycles. The average Bonchev–Trinajstić information content (AvgIpc) is 2.43. The first-order valence-corrected chi connectivity index (χ1v) is 7.09. The number of non-ortho nitro benzene ring substituents is 1. The van der Waals surface area contributed by atoms with Crippen LogP contribution < -0.4 is 0 Å². The van der Waals surface area contributed by atoms with E-state index in [1.807, 2.05) is 0 Å². The summed E-state index contributed by atoms with van der Waals surface area (Å²) in [5, 5.41) is 20.9. The molecule has 0 aliphatic heterocycles. The third-order valence-electron chi connectivity index (χ3n) is 2.54. The molecule has 0 saturated heterocycles. The molecule has 0 aromatic heterocycles. The summed E-state index contributed by atoms with van der Waals surface area (Å²) in [7, 11) is 0. The Kier molecular flexibility index (Phi) is 4.88. The normalized spacial score (nSPS) is 10.6. The van der Waals surface area contributed by atoms with Crippen molar-refractivity contribution in [3.63, 3.8) is 0 Å². The van der Waals surface area contributed by atoms with E-state index in [4.69, 9.17) is 23.2 Å². The van der Waals surface area contributed by atoms with Crippen LogP contribution in [0.2, 0.25) is 10.0 Å². The minimum absolute atomic E-state index is 0.0486. The Morgan fingerprint density at radius 1 is 1.15 bits per heavy atom. The standard InChI is InChI=1S/C13H9Cl2NO3S/c14-11-3-2-10(6-12(11)15)20-13-4-1-9(16(18)19)5-8(13)7-17/h1-6,17H,7H2. The van der Waals surface area contributed by atoms with Gasteiger partial charge in [-0.1, -0.05) is 35.0 Å². The maximum atomic E-state index is 10.7. The summed E-state index contributed by atoms with van der Waals surface area (Å²) in [6.45, 7) is -0.272. The van der Waals surface area contributed by atoms with Gasteiger partial charge in [0.1, 0.15) is 0 Å². The molecule has 0 heterocycles. The minimum Gasteiger partial charge on any atom is -0.392 e. The van der Waals surface area contributed by atoms with E-state index in [0.29, 0.717) is 15.6 Å². The monoisotopic (exact) mass is 329 g/mol. The largest absolute Gasteiger partial charge is 0.392 e. The number of rotatable bonds is 4. The summed E-state index contributed by atoms with van der Waals surface area (Å²) in [6, 6.07) is 9.55. The van der Waals surface area contributed by atoms with Gasteiger partial charge in [-0.25, -0.2) is 0 Å². The highest BCUT2D eigenvalue weighted by atomic mass is 35.5. The molecule has 7 heteroatoms. The second-order valence-corrected chi connectivity index (χ2v) is 5.81. The van der Waals surface area contributed by atoms with Crippen LogP contribution >= 0.6 is 35.0 Å². The Hall–Kier alpha value is -1.27. The van der Waals surface area contributed by atoms with E-state index < -0.39 is 4.92 Å². The molecule has 2 rings (SSSR count). The molecule has 1 N–H and O–H groups in total. The number of nitro benzene ring substituents is 1. The lowest BCUT2D eigenvalue weighted by molar-refractivity contribution is -0.385. The minimum atomic E-state index is -0.493.